The Bertz CT molecular complexity index is 246. The molecule has 3 N–H and O–H groups in total. The number of carboxylic acid groups (broad SMARTS) is 1. The lowest BCUT2D eigenvalue weighted by Crippen LogP contribution is -2.43. The number of amides is 2. The summed E-state index contributed by atoms with van der Waals surface area (Å²) in [5.74, 6) is -0.773. The number of unbranched alkanes of at least 4 members (excludes halogenated alkanes) is 2. The summed E-state index contributed by atoms with van der Waals surface area (Å²) >= 11 is 0. The summed E-state index contributed by atoms with van der Waals surface area (Å²) in [5, 5.41) is 13.9. The van der Waals surface area contributed by atoms with Gasteiger partial charge in [-0.05, 0) is 26.7 Å². The van der Waals surface area contributed by atoms with Crippen LogP contribution in [0, 0.1) is 0 Å². The topological polar surface area (TPSA) is 87.7 Å². The minimum absolute atomic E-state index is 0.0167. The molecule has 0 aliphatic heterocycles. The van der Waals surface area contributed by atoms with Gasteiger partial charge in [-0.3, -0.25) is 4.79 Å². The van der Waals surface area contributed by atoms with Crippen molar-refractivity contribution in [2.45, 2.75) is 45.6 Å². The van der Waals surface area contributed by atoms with Crippen LogP contribution in [0.5, 0.6) is 0 Å². The normalized spacial score (nSPS) is 11.9. The van der Waals surface area contributed by atoms with E-state index in [4.69, 9.17) is 9.84 Å². The fourth-order valence-electron chi connectivity index (χ4n) is 1.39. The predicted molar refractivity (Wildman–Crippen MR) is 68.6 cm³/mol. The van der Waals surface area contributed by atoms with E-state index in [-0.39, 0.29) is 18.5 Å². The zero-order chi connectivity index (χ0) is 13.8. The summed E-state index contributed by atoms with van der Waals surface area (Å²) in [5.41, 5.74) is 0. The summed E-state index contributed by atoms with van der Waals surface area (Å²) in [6.45, 7) is 5.48. The lowest BCUT2D eigenvalue weighted by atomic mass is 10.2. The second-order valence-electron chi connectivity index (χ2n) is 4.17. The van der Waals surface area contributed by atoms with E-state index >= 15 is 0 Å². The molecule has 0 fully saturated rings. The molecule has 106 valence electrons. The highest BCUT2D eigenvalue weighted by Crippen LogP contribution is 1.98. The van der Waals surface area contributed by atoms with Crippen LogP contribution in [0.25, 0.3) is 0 Å². The number of aliphatic carboxylic acids is 1. The van der Waals surface area contributed by atoms with Gasteiger partial charge in [-0.25, -0.2) is 4.79 Å². The second kappa shape index (κ2) is 10.8. The maximum atomic E-state index is 11.4. The molecule has 0 aliphatic rings. The van der Waals surface area contributed by atoms with Gasteiger partial charge in [0.1, 0.15) is 0 Å². The first-order chi connectivity index (χ1) is 8.56. The third-order valence-electron chi connectivity index (χ3n) is 2.30. The van der Waals surface area contributed by atoms with E-state index in [2.05, 4.69) is 10.6 Å². The van der Waals surface area contributed by atoms with Gasteiger partial charge in [0.15, 0.2) is 0 Å². The first kappa shape index (κ1) is 16.7. The van der Waals surface area contributed by atoms with E-state index in [1.165, 1.54) is 0 Å². The van der Waals surface area contributed by atoms with Crippen molar-refractivity contribution in [3.8, 4) is 0 Å². The van der Waals surface area contributed by atoms with Gasteiger partial charge in [-0.15, -0.1) is 0 Å². The van der Waals surface area contributed by atoms with Crippen molar-refractivity contribution in [2.24, 2.45) is 0 Å². The Morgan fingerprint density at radius 3 is 2.61 bits per heavy atom. The third kappa shape index (κ3) is 11.2. The van der Waals surface area contributed by atoms with E-state index in [1.807, 2.05) is 13.8 Å². The van der Waals surface area contributed by atoms with E-state index in [0.717, 1.165) is 12.8 Å². The summed E-state index contributed by atoms with van der Waals surface area (Å²) in [4.78, 5) is 21.6. The highest BCUT2D eigenvalue weighted by molar-refractivity contribution is 5.74. The number of nitrogens with one attached hydrogen (secondary N) is 2. The number of carbonyl (C=O) groups excluding carboxylic acids is 1. The van der Waals surface area contributed by atoms with Crippen molar-refractivity contribution in [3.63, 3.8) is 0 Å². The zero-order valence-electron chi connectivity index (χ0n) is 11.2. The highest BCUT2D eigenvalue weighted by Gasteiger charge is 2.05. The number of carboxylic acids is 1. The molecule has 0 saturated carbocycles. The van der Waals surface area contributed by atoms with Gasteiger partial charge in [0.25, 0.3) is 0 Å². The number of rotatable bonds is 10. The van der Waals surface area contributed by atoms with E-state index < -0.39 is 5.97 Å². The van der Waals surface area contributed by atoms with Gasteiger partial charge >= 0.3 is 12.0 Å². The van der Waals surface area contributed by atoms with Crippen LogP contribution < -0.4 is 10.6 Å². The fraction of sp³-hybridized carbons (Fsp3) is 0.833. The lowest BCUT2D eigenvalue weighted by Gasteiger charge is -2.14. The minimum Gasteiger partial charge on any atom is -0.481 e. The van der Waals surface area contributed by atoms with Gasteiger partial charge in [0, 0.05) is 19.6 Å². The molecule has 0 aromatic carbocycles. The quantitative estimate of drug-likeness (QED) is 0.517. The fourth-order valence-corrected chi connectivity index (χ4v) is 1.39. The van der Waals surface area contributed by atoms with Crippen LogP contribution in [0.4, 0.5) is 4.79 Å². The third-order valence-corrected chi connectivity index (χ3v) is 2.30. The van der Waals surface area contributed by atoms with Crippen LogP contribution in [-0.4, -0.2) is 42.9 Å². The monoisotopic (exact) mass is 260 g/mol. The molecular formula is C12H24N2O4. The van der Waals surface area contributed by atoms with Gasteiger partial charge in [0.2, 0.25) is 0 Å². The van der Waals surface area contributed by atoms with Crippen LogP contribution in [0.3, 0.4) is 0 Å². The van der Waals surface area contributed by atoms with Crippen LogP contribution in [-0.2, 0) is 9.53 Å². The molecule has 0 rings (SSSR count). The molecule has 0 heterocycles. The Balaban J connectivity index is 3.39. The molecule has 0 saturated heterocycles. The van der Waals surface area contributed by atoms with Crippen molar-refractivity contribution in [1.82, 2.24) is 10.6 Å². The van der Waals surface area contributed by atoms with E-state index in [1.54, 1.807) is 0 Å². The predicted octanol–water partition coefficient (Wildman–Crippen LogP) is 1.36. The van der Waals surface area contributed by atoms with Gasteiger partial charge < -0.3 is 20.5 Å². The molecule has 0 aliphatic carbocycles. The molecule has 0 aromatic heterocycles. The number of carbonyl (C=O) groups is 2. The van der Waals surface area contributed by atoms with Gasteiger partial charge in [0.05, 0.1) is 12.6 Å². The second-order valence-corrected chi connectivity index (χ2v) is 4.17. The van der Waals surface area contributed by atoms with Crippen molar-refractivity contribution >= 4 is 12.0 Å². The molecule has 2 amide bonds. The Labute approximate surface area is 108 Å². The summed E-state index contributed by atoms with van der Waals surface area (Å²) in [7, 11) is 0. The SMILES string of the molecule is CCOCC(C)NC(=O)NCCCCCC(=O)O. The summed E-state index contributed by atoms with van der Waals surface area (Å²) in [6.07, 6.45) is 2.44. The minimum atomic E-state index is -0.773. The Morgan fingerprint density at radius 1 is 1.28 bits per heavy atom. The van der Waals surface area contributed by atoms with Crippen LogP contribution in [0.15, 0.2) is 0 Å². The molecule has 0 radical (unpaired) electrons. The Morgan fingerprint density at radius 2 is 2.00 bits per heavy atom. The van der Waals surface area contributed by atoms with Crippen LogP contribution >= 0.6 is 0 Å². The standard InChI is InChI=1S/C12H24N2O4/c1-3-18-9-10(2)14-12(17)13-8-6-4-5-7-11(15)16/h10H,3-9H2,1-2H3,(H,15,16)(H2,13,14,17). The smallest absolute Gasteiger partial charge is 0.315 e. The number of ether oxygens (including phenoxy) is 1. The maximum absolute atomic E-state index is 11.4. The zero-order valence-corrected chi connectivity index (χ0v) is 11.2. The molecule has 1 atom stereocenters. The van der Waals surface area contributed by atoms with Crippen molar-refractivity contribution in [2.75, 3.05) is 19.8 Å². The largest absolute Gasteiger partial charge is 0.481 e. The molecule has 0 spiro atoms. The molecular weight excluding hydrogens is 236 g/mol. The molecule has 0 bridgehead atoms. The first-order valence-electron chi connectivity index (χ1n) is 6.40. The van der Waals surface area contributed by atoms with Crippen molar-refractivity contribution < 1.29 is 19.4 Å². The molecule has 18 heavy (non-hydrogen) atoms. The molecule has 6 heteroatoms. The Hall–Kier alpha value is -1.30. The first-order valence-corrected chi connectivity index (χ1v) is 6.40. The number of hydrogen-bond donors (Lipinski definition) is 3. The average molecular weight is 260 g/mol. The Kier molecular flexibility index (Phi) is 10.0. The van der Waals surface area contributed by atoms with Crippen molar-refractivity contribution in [3.05, 3.63) is 0 Å². The van der Waals surface area contributed by atoms with E-state index in [0.29, 0.717) is 26.2 Å². The van der Waals surface area contributed by atoms with E-state index in [9.17, 15) is 9.59 Å². The molecule has 1 unspecified atom stereocenters. The van der Waals surface area contributed by atoms with Crippen LogP contribution in [0.2, 0.25) is 0 Å². The maximum Gasteiger partial charge on any atom is 0.315 e. The number of urea groups is 1. The van der Waals surface area contributed by atoms with Gasteiger partial charge in [-0.2, -0.15) is 0 Å². The summed E-state index contributed by atoms with van der Waals surface area (Å²) in [6, 6.07) is -0.225. The number of hydrogen-bond acceptors (Lipinski definition) is 3. The summed E-state index contributed by atoms with van der Waals surface area (Å²) < 4.78 is 5.18. The van der Waals surface area contributed by atoms with Gasteiger partial charge in [-0.1, -0.05) is 6.42 Å². The molecule has 0 aromatic rings. The van der Waals surface area contributed by atoms with Crippen molar-refractivity contribution in [1.29, 1.82) is 0 Å². The lowest BCUT2D eigenvalue weighted by molar-refractivity contribution is -0.137. The molecule has 6 nitrogen and oxygen atoms in total. The highest BCUT2D eigenvalue weighted by atomic mass is 16.5. The van der Waals surface area contributed by atoms with Crippen LogP contribution in [0.1, 0.15) is 39.5 Å². The average Bonchev–Trinajstić information content (AvgIpc) is 2.30.